The molecule has 5 nitrogen and oxygen atoms in total. The van der Waals surface area contributed by atoms with Gasteiger partial charge in [-0.15, -0.1) is 0 Å². The first-order valence-corrected chi connectivity index (χ1v) is 6.07. The second-order valence-electron chi connectivity index (χ2n) is 2.14. The molecule has 1 rings (SSSR count). The van der Waals surface area contributed by atoms with Gasteiger partial charge in [0.15, 0.2) is 0 Å². The first kappa shape index (κ1) is 18.3. The van der Waals surface area contributed by atoms with E-state index in [9.17, 15) is 4.79 Å². The van der Waals surface area contributed by atoms with Crippen molar-refractivity contribution in [3.63, 3.8) is 0 Å². The molecule has 0 unspecified atom stereocenters. The van der Waals surface area contributed by atoms with E-state index in [1.165, 1.54) is 20.3 Å². The summed E-state index contributed by atoms with van der Waals surface area (Å²) in [7, 11) is 1.19. The summed E-state index contributed by atoms with van der Waals surface area (Å²) in [6.07, 6.45) is 1.46. The van der Waals surface area contributed by atoms with E-state index in [-0.39, 0.29) is 0 Å². The summed E-state index contributed by atoms with van der Waals surface area (Å²) in [6, 6.07) is 8.98. The van der Waals surface area contributed by atoms with Gasteiger partial charge in [0, 0.05) is 14.2 Å². The zero-order valence-corrected chi connectivity index (χ0v) is 11.3. The Balaban J connectivity index is 0. The molecule has 0 aromatic heterocycles. The third-order valence-electron chi connectivity index (χ3n) is 1.24. The van der Waals surface area contributed by atoms with Crippen LogP contribution in [0.4, 0.5) is 5.69 Å². The normalized spacial score (nSPS) is 8.12. The third-order valence-corrected chi connectivity index (χ3v) is 1.87. The van der Waals surface area contributed by atoms with Gasteiger partial charge in [-0.2, -0.15) is 4.99 Å². The lowest BCUT2D eigenvalue weighted by Crippen LogP contribution is -1.75. The van der Waals surface area contributed by atoms with E-state index in [0.29, 0.717) is 5.69 Å². The van der Waals surface area contributed by atoms with E-state index < -0.39 is 8.60 Å². The minimum absolute atomic E-state index is 0.646. The number of isocyanates is 1. The van der Waals surface area contributed by atoms with E-state index >= 15 is 0 Å². The molecule has 17 heavy (non-hydrogen) atoms. The summed E-state index contributed by atoms with van der Waals surface area (Å²) in [5.41, 5.74) is 0.646. The number of rotatable bonds is 3. The van der Waals surface area contributed by atoms with Crippen LogP contribution < -0.4 is 0 Å². The van der Waals surface area contributed by atoms with Crippen molar-refractivity contribution in [3.05, 3.63) is 30.3 Å². The zero-order chi connectivity index (χ0) is 13.5. The van der Waals surface area contributed by atoms with Crippen LogP contribution in [0.1, 0.15) is 13.8 Å². The van der Waals surface area contributed by atoms with E-state index in [4.69, 9.17) is 4.89 Å². The Morgan fingerprint density at radius 1 is 1.18 bits per heavy atom. The van der Waals surface area contributed by atoms with Crippen LogP contribution in [0.2, 0.25) is 0 Å². The predicted octanol–water partition coefficient (Wildman–Crippen LogP) is 3.18. The van der Waals surface area contributed by atoms with Gasteiger partial charge in [0.05, 0.1) is 5.69 Å². The Bertz CT molecular complexity index is 298. The van der Waals surface area contributed by atoms with E-state index in [1.54, 1.807) is 12.1 Å². The van der Waals surface area contributed by atoms with Crippen molar-refractivity contribution in [2.45, 2.75) is 13.8 Å². The average molecular weight is 259 g/mol. The summed E-state index contributed by atoms with van der Waals surface area (Å²) in [6.45, 7) is 4.00. The van der Waals surface area contributed by atoms with Gasteiger partial charge in [-0.05, 0) is 12.1 Å². The van der Waals surface area contributed by atoms with Crippen molar-refractivity contribution in [3.8, 4) is 0 Å². The molecular formula is C11H18NO4P. The molecule has 0 spiro atoms. The summed E-state index contributed by atoms with van der Waals surface area (Å²) >= 11 is 0. The van der Waals surface area contributed by atoms with Gasteiger partial charge >= 0.3 is 8.60 Å². The fourth-order valence-electron chi connectivity index (χ4n) is 0.630. The monoisotopic (exact) mass is 259 g/mol. The van der Waals surface area contributed by atoms with Crippen LogP contribution in [0.5, 0.6) is 0 Å². The topological polar surface area (TPSA) is 68.1 Å². The highest BCUT2D eigenvalue weighted by atomic mass is 31.2. The van der Waals surface area contributed by atoms with E-state index in [2.05, 4.69) is 14.0 Å². The van der Waals surface area contributed by atoms with Crippen LogP contribution in [-0.2, 0) is 13.8 Å². The highest BCUT2D eigenvalue weighted by Gasteiger charge is 1.94. The fraction of sp³-hybridized carbons (Fsp3) is 0.364. The van der Waals surface area contributed by atoms with Gasteiger partial charge in [-0.3, -0.25) is 0 Å². The summed E-state index contributed by atoms with van der Waals surface area (Å²) in [4.78, 5) is 21.4. The van der Waals surface area contributed by atoms with Crippen LogP contribution in [0, 0.1) is 0 Å². The number of para-hydroxylation sites is 1. The molecule has 0 heterocycles. The molecule has 0 amide bonds. The number of carbonyl (C=O) groups excluding carboxylic acids is 1. The minimum atomic E-state index is -1.58. The van der Waals surface area contributed by atoms with Crippen molar-refractivity contribution in [1.82, 2.24) is 0 Å². The third kappa shape index (κ3) is 12.8. The summed E-state index contributed by atoms with van der Waals surface area (Å²) in [5, 5.41) is 0. The lowest BCUT2D eigenvalue weighted by molar-refractivity contribution is 0.271. The average Bonchev–Trinajstić information content (AvgIpc) is 2.42. The molecule has 0 aliphatic heterocycles. The number of aliphatic imine (C=N–C) groups is 1. The largest absolute Gasteiger partial charge is 0.329 e. The Labute approximate surface area is 103 Å². The quantitative estimate of drug-likeness (QED) is 0.514. The maximum absolute atomic E-state index is 9.68. The van der Waals surface area contributed by atoms with Gasteiger partial charge < -0.3 is 13.9 Å². The van der Waals surface area contributed by atoms with E-state index in [1.807, 2.05) is 32.0 Å². The second kappa shape index (κ2) is 14.9. The molecule has 0 saturated heterocycles. The SMILES string of the molecule is CC.COP(O)OC.O=C=Nc1ccccc1. The zero-order valence-electron chi connectivity index (χ0n) is 10.5. The van der Waals surface area contributed by atoms with Crippen LogP contribution in [0.25, 0.3) is 0 Å². The molecule has 0 saturated carbocycles. The molecule has 0 aliphatic carbocycles. The highest BCUT2D eigenvalue weighted by Crippen LogP contribution is 2.28. The van der Waals surface area contributed by atoms with Crippen molar-refractivity contribution < 1.29 is 18.7 Å². The van der Waals surface area contributed by atoms with Crippen LogP contribution in [0.3, 0.4) is 0 Å². The Morgan fingerprint density at radius 2 is 1.65 bits per heavy atom. The Kier molecular flexibility index (Phi) is 16.0. The summed E-state index contributed by atoms with van der Waals surface area (Å²) < 4.78 is 8.59. The number of nitrogens with zero attached hydrogens (tertiary/aromatic N) is 1. The molecule has 1 aromatic rings. The standard InChI is InChI=1S/C7H5NO.C2H7O3P.C2H6/c9-6-8-7-4-2-1-3-5-7;1-4-6(3)5-2;1-2/h1-5H;3H,1-2H3;1-2H3. The first-order chi connectivity index (χ1) is 8.24. The van der Waals surface area contributed by atoms with Crippen molar-refractivity contribution in [1.29, 1.82) is 0 Å². The van der Waals surface area contributed by atoms with Gasteiger partial charge in [0.2, 0.25) is 6.08 Å². The Hall–Kier alpha value is -1.09. The molecule has 0 aliphatic rings. The smallest absolute Gasteiger partial charge is 0.328 e. The van der Waals surface area contributed by atoms with Gasteiger partial charge in [-0.1, -0.05) is 32.0 Å². The van der Waals surface area contributed by atoms with Crippen LogP contribution >= 0.6 is 8.60 Å². The van der Waals surface area contributed by atoms with Gasteiger partial charge in [0.1, 0.15) is 0 Å². The van der Waals surface area contributed by atoms with Crippen molar-refractivity contribution in [2.24, 2.45) is 4.99 Å². The lowest BCUT2D eigenvalue weighted by atomic mass is 10.3. The number of hydrogen-bond donors (Lipinski definition) is 1. The molecule has 0 radical (unpaired) electrons. The van der Waals surface area contributed by atoms with Crippen LogP contribution in [-0.4, -0.2) is 25.2 Å². The second-order valence-corrected chi connectivity index (χ2v) is 3.35. The number of hydrogen-bond acceptors (Lipinski definition) is 5. The first-order valence-electron chi connectivity index (χ1n) is 4.94. The predicted molar refractivity (Wildman–Crippen MR) is 68.7 cm³/mol. The molecule has 1 N–H and O–H groups in total. The van der Waals surface area contributed by atoms with Crippen LogP contribution in [0.15, 0.2) is 35.3 Å². The molecular weight excluding hydrogens is 241 g/mol. The molecule has 96 valence electrons. The lowest BCUT2D eigenvalue weighted by Gasteiger charge is -1.98. The fourth-order valence-corrected chi connectivity index (χ4v) is 0.779. The molecule has 0 fully saturated rings. The van der Waals surface area contributed by atoms with Crippen molar-refractivity contribution >= 4 is 20.4 Å². The number of benzene rings is 1. The summed E-state index contributed by atoms with van der Waals surface area (Å²) in [5.74, 6) is 0. The molecule has 0 atom stereocenters. The van der Waals surface area contributed by atoms with Crippen molar-refractivity contribution in [2.75, 3.05) is 14.2 Å². The minimum Gasteiger partial charge on any atom is -0.328 e. The van der Waals surface area contributed by atoms with Gasteiger partial charge in [0.25, 0.3) is 0 Å². The molecule has 0 bridgehead atoms. The van der Waals surface area contributed by atoms with E-state index in [0.717, 1.165) is 0 Å². The highest BCUT2D eigenvalue weighted by molar-refractivity contribution is 7.40. The maximum atomic E-state index is 9.68. The van der Waals surface area contributed by atoms with Gasteiger partial charge in [-0.25, -0.2) is 4.79 Å². The molecule has 1 aromatic carbocycles. The maximum Gasteiger partial charge on any atom is 0.329 e. The molecule has 6 heteroatoms. The Morgan fingerprint density at radius 3 is 1.94 bits per heavy atom.